The number of nitro benzene ring substituents is 1. The topological polar surface area (TPSA) is 90.1 Å². The van der Waals surface area contributed by atoms with Crippen LogP contribution in [-0.4, -0.2) is 20.6 Å². The fourth-order valence-corrected chi connectivity index (χ4v) is 2.69. The number of hydrogen-bond acceptors (Lipinski definition) is 4. The van der Waals surface area contributed by atoms with Crippen molar-refractivity contribution in [1.82, 2.24) is 9.78 Å². The van der Waals surface area contributed by atoms with E-state index in [2.05, 4.69) is 26.3 Å². The number of carbonyl (C=O) groups excluding carboxylic acids is 1. The first-order chi connectivity index (χ1) is 12.4. The molecule has 26 heavy (non-hydrogen) atoms. The van der Waals surface area contributed by atoms with E-state index in [-0.39, 0.29) is 22.9 Å². The van der Waals surface area contributed by atoms with Crippen molar-refractivity contribution in [2.75, 3.05) is 5.32 Å². The van der Waals surface area contributed by atoms with Gasteiger partial charge in [0.1, 0.15) is 5.82 Å². The second-order valence-corrected chi connectivity index (χ2v) is 6.27. The van der Waals surface area contributed by atoms with E-state index >= 15 is 0 Å². The number of amides is 1. The molecule has 7 nitrogen and oxygen atoms in total. The van der Waals surface area contributed by atoms with Crippen LogP contribution in [0.15, 0.2) is 59.2 Å². The van der Waals surface area contributed by atoms with E-state index in [4.69, 9.17) is 0 Å². The zero-order chi connectivity index (χ0) is 18.7. The highest BCUT2D eigenvalue weighted by Gasteiger charge is 2.15. The first kappa shape index (κ1) is 17.7. The van der Waals surface area contributed by atoms with Crippen LogP contribution in [0.25, 0.3) is 0 Å². The number of nitrogens with one attached hydrogen (secondary N) is 1. The predicted octanol–water partition coefficient (Wildman–Crippen LogP) is 3.99. The molecule has 1 N–H and O–H groups in total. The van der Waals surface area contributed by atoms with E-state index < -0.39 is 10.8 Å². The lowest BCUT2D eigenvalue weighted by Crippen LogP contribution is -2.13. The Kier molecular flexibility index (Phi) is 5.08. The average molecular weight is 419 g/mol. The molecule has 0 spiro atoms. The lowest BCUT2D eigenvalue weighted by molar-refractivity contribution is -0.384. The van der Waals surface area contributed by atoms with Gasteiger partial charge in [0.25, 0.3) is 11.6 Å². The molecule has 1 amide bonds. The van der Waals surface area contributed by atoms with E-state index in [0.717, 1.165) is 5.56 Å². The molecule has 0 atom stereocenters. The zero-order valence-corrected chi connectivity index (χ0v) is 14.8. The fraction of sp³-hybridized carbons (Fsp3) is 0.0588. The zero-order valence-electron chi connectivity index (χ0n) is 13.2. The van der Waals surface area contributed by atoms with Gasteiger partial charge in [-0.1, -0.05) is 18.2 Å². The summed E-state index contributed by atoms with van der Waals surface area (Å²) in [6.07, 6.45) is 1.67. The highest BCUT2D eigenvalue weighted by atomic mass is 79.9. The molecule has 0 aliphatic heterocycles. The lowest BCUT2D eigenvalue weighted by atomic mass is 10.2. The van der Waals surface area contributed by atoms with Gasteiger partial charge in [-0.05, 0) is 39.7 Å². The Labute approximate surface area is 155 Å². The van der Waals surface area contributed by atoms with Gasteiger partial charge in [0.2, 0.25) is 0 Å². The van der Waals surface area contributed by atoms with Crippen LogP contribution < -0.4 is 5.32 Å². The van der Waals surface area contributed by atoms with E-state index in [1.165, 1.54) is 36.4 Å². The standard InChI is InChI=1S/C17H12BrFN4O3/c18-15-10-22(9-11-4-6-13(19)7-5-11)21-16(15)20-17(24)12-2-1-3-14(8-12)23(25)26/h1-8,10H,9H2,(H,20,21,24). The molecule has 0 saturated heterocycles. The van der Waals surface area contributed by atoms with Gasteiger partial charge in [-0.2, -0.15) is 5.10 Å². The van der Waals surface area contributed by atoms with Crippen molar-refractivity contribution >= 4 is 33.3 Å². The van der Waals surface area contributed by atoms with Crippen molar-refractivity contribution in [3.63, 3.8) is 0 Å². The molecule has 3 aromatic rings. The molecule has 0 saturated carbocycles. The summed E-state index contributed by atoms with van der Waals surface area (Å²) in [4.78, 5) is 22.5. The fourth-order valence-electron chi connectivity index (χ4n) is 2.28. The molecule has 0 radical (unpaired) electrons. The summed E-state index contributed by atoms with van der Waals surface area (Å²) < 4.78 is 15.1. The van der Waals surface area contributed by atoms with Crippen molar-refractivity contribution in [3.05, 3.63) is 86.3 Å². The number of carbonyl (C=O) groups is 1. The SMILES string of the molecule is O=C(Nc1nn(Cc2ccc(F)cc2)cc1Br)c1cccc([N+](=O)[O-])c1. The summed E-state index contributed by atoms with van der Waals surface area (Å²) in [5, 5.41) is 17.7. The number of hydrogen-bond donors (Lipinski definition) is 1. The van der Waals surface area contributed by atoms with Gasteiger partial charge < -0.3 is 5.32 Å². The van der Waals surface area contributed by atoms with E-state index in [1.807, 2.05) is 0 Å². The minimum absolute atomic E-state index is 0.152. The second-order valence-electron chi connectivity index (χ2n) is 5.41. The summed E-state index contributed by atoms with van der Waals surface area (Å²) in [6.45, 7) is 0.394. The second kappa shape index (κ2) is 7.44. The first-order valence-electron chi connectivity index (χ1n) is 7.45. The minimum atomic E-state index is -0.565. The smallest absolute Gasteiger partial charge is 0.270 e. The average Bonchev–Trinajstić information content (AvgIpc) is 2.96. The van der Waals surface area contributed by atoms with Crippen molar-refractivity contribution in [1.29, 1.82) is 0 Å². The normalized spacial score (nSPS) is 10.5. The number of aromatic nitrogens is 2. The van der Waals surface area contributed by atoms with Crippen LogP contribution >= 0.6 is 15.9 Å². The Morgan fingerprint density at radius 3 is 2.69 bits per heavy atom. The van der Waals surface area contributed by atoms with E-state index in [1.54, 1.807) is 23.0 Å². The van der Waals surface area contributed by atoms with Crippen LogP contribution in [0.4, 0.5) is 15.9 Å². The van der Waals surface area contributed by atoms with E-state index in [0.29, 0.717) is 11.0 Å². The monoisotopic (exact) mass is 418 g/mol. The van der Waals surface area contributed by atoms with Gasteiger partial charge >= 0.3 is 0 Å². The molecule has 0 fully saturated rings. The van der Waals surface area contributed by atoms with Crippen LogP contribution in [0, 0.1) is 15.9 Å². The largest absolute Gasteiger partial charge is 0.304 e. The summed E-state index contributed by atoms with van der Waals surface area (Å²) in [5.41, 5.74) is 0.829. The van der Waals surface area contributed by atoms with Crippen LogP contribution in [0.2, 0.25) is 0 Å². The maximum atomic E-state index is 13.0. The number of non-ortho nitro benzene ring substituents is 1. The van der Waals surface area contributed by atoms with Gasteiger partial charge in [-0.15, -0.1) is 0 Å². The molecule has 0 aliphatic carbocycles. The number of benzene rings is 2. The molecule has 1 aromatic heterocycles. The van der Waals surface area contributed by atoms with Gasteiger partial charge in [0.15, 0.2) is 5.82 Å². The number of halogens is 2. The van der Waals surface area contributed by atoms with Crippen molar-refractivity contribution in [2.24, 2.45) is 0 Å². The maximum absolute atomic E-state index is 13.0. The summed E-state index contributed by atoms with van der Waals surface area (Å²) in [6, 6.07) is 11.4. The molecule has 0 bridgehead atoms. The molecular weight excluding hydrogens is 407 g/mol. The third-order valence-electron chi connectivity index (χ3n) is 3.53. The molecule has 0 aliphatic rings. The highest BCUT2D eigenvalue weighted by Crippen LogP contribution is 2.22. The molecule has 3 rings (SSSR count). The maximum Gasteiger partial charge on any atom is 0.270 e. The van der Waals surface area contributed by atoms with Crippen LogP contribution in [0.5, 0.6) is 0 Å². The third kappa shape index (κ3) is 4.12. The first-order valence-corrected chi connectivity index (χ1v) is 8.25. The minimum Gasteiger partial charge on any atom is -0.304 e. The highest BCUT2D eigenvalue weighted by molar-refractivity contribution is 9.10. The molecular formula is C17H12BrFN4O3. The summed E-state index contributed by atoms with van der Waals surface area (Å²) in [7, 11) is 0. The van der Waals surface area contributed by atoms with Gasteiger partial charge in [0, 0.05) is 23.9 Å². The van der Waals surface area contributed by atoms with Crippen molar-refractivity contribution < 1.29 is 14.1 Å². The quantitative estimate of drug-likeness (QED) is 0.500. The number of nitrogens with zero attached hydrogens (tertiary/aromatic N) is 3. The van der Waals surface area contributed by atoms with Crippen LogP contribution in [0.1, 0.15) is 15.9 Å². The van der Waals surface area contributed by atoms with Crippen LogP contribution in [0.3, 0.4) is 0 Å². The van der Waals surface area contributed by atoms with Gasteiger partial charge in [0.05, 0.1) is 15.9 Å². The molecule has 0 unspecified atom stereocenters. The Bertz CT molecular complexity index is 972. The number of anilines is 1. The molecule has 1 heterocycles. The summed E-state index contributed by atoms with van der Waals surface area (Å²) in [5.74, 6) is -0.551. The summed E-state index contributed by atoms with van der Waals surface area (Å²) >= 11 is 3.31. The van der Waals surface area contributed by atoms with Crippen molar-refractivity contribution in [2.45, 2.75) is 6.54 Å². The molecule has 9 heteroatoms. The number of nitro groups is 1. The lowest BCUT2D eigenvalue weighted by Gasteiger charge is -2.03. The van der Waals surface area contributed by atoms with Crippen molar-refractivity contribution in [3.8, 4) is 0 Å². The third-order valence-corrected chi connectivity index (χ3v) is 4.11. The Hall–Kier alpha value is -3.07. The Morgan fingerprint density at radius 1 is 1.27 bits per heavy atom. The predicted molar refractivity (Wildman–Crippen MR) is 96.5 cm³/mol. The van der Waals surface area contributed by atoms with Crippen LogP contribution in [-0.2, 0) is 6.54 Å². The Morgan fingerprint density at radius 2 is 2.00 bits per heavy atom. The number of rotatable bonds is 5. The van der Waals surface area contributed by atoms with E-state index in [9.17, 15) is 19.3 Å². The molecule has 2 aromatic carbocycles. The Balaban J connectivity index is 1.75. The molecule has 132 valence electrons. The van der Waals surface area contributed by atoms with Gasteiger partial charge in [-0.3, -0.25) is 19.6 Å². The van der Waals surface area contributed by atoms with Gasteiger partial charge in [-0.25, -0.2) is 4.39 Å².